The Morgan fingerprint density at radius 2 is 1.78 bits per heavy atom. The summed E-state index contributed by atoms with van der Waals surface area (Å²) in [6.07, 6.45) is 0. The molecule has 1 amide bonds. The first-order chi connectivity index (χ1) is 12.8. The first-order valence-electron chi connectivity index (χ1n) is 8.85. The predicted molar refractivity (Wildman–Crippen MR) is 104 cm³/mol. The quantitative estimate of drug-likeness (QED) is 0.754. The molecule has 0 bridgehead atoms. The van der Waals surface area contributed by atoms with Crippen molar-refractivity contribution in [2.45, 2.75) is 40.2 Å². The number of carbonyl (C=O) groups is 1. The van der Waals surface area contributed by atoms with Gasteiger partial charge < -0.3 is 5.32 Å². The van der Waals surface area contributed by atoms with Crippen LogP contribution in [0, 0.1) is 13.8 Å². The Kier molecular flexibility index (Phi) is 5.21. The van der Waals surface area contributed by atoms with Crippen molar-refractivity contribution in [1.82, 2.24) is 19.6 Å². The molecule has 0 saturated carbocycles. The second-order valence-electron chi connectivity index (χ2n) is 6.85. The maximum absolute atomic E-state index is 12.3. The fourth-order valence-electron chi connectivity index (χ4n) is 2.81. The van der Waals surface area contributed by atoms with Crippen molar-refractivity contribution in [2.24, 2.45) is 0 Å². The molecule has 0 atom stereocenters. The number of aromatic nitrogens is 4. The lowest BCUT2D eigenvalue weighted by molar-refractivity contribution is -0.117. The van der Waals surface area contributed by atoms with Gasteiger partial charge in [0.15, 0.2) is 5.82 Å². The Labute approximate surface area is 157 Å². The second kappa shape index (κ2) is 7.57. The molecule has 2 aromatic heterocycles. The Bertz CT molecular complexity index is 1020. The van der Waals surface area contributed by atoms with Crippen LogP contribution in [0.5, 0.6) is 0 Å². The lowest BCUT2D eigenvalue weighted by Crippen LogP contribution is -2.30. The molecule has 0 aliphatic carbocycles. The number of nitrogens with zero attached hydrogens (tertiary/aromatic N) is 4. The van der Waals surface area contributed by atoms with Gasteiger partial charge in [-0.25, -0.2) is 9.36 Å². The van der Waals surface area contributed by atoms with Gasteiger partial charge in [0.2, 0.25) is 5.91 Å². The monoisotopic (exact) mass is 365 g/mol. The lowest BCUT2D eigenvalue weighted by Gasteiger charge is -2.10. The first-order valence-corrected chi connectivity index (χ1v) is 8.85. The van der Waals surface area contributed by atoms with Gasteiger partial charge in [-0.1, -0.05) is 26.0 Å². The molecule has 3 aromatic rings. The van der Waals surface area contributed by atoms with E-state index in [2.05, 4.69) is 29.4 Å². The predicted octanol–water partition coefficient (Wildman–Crippen LogP) is 2.81. The minimum Gasteiger partial charge on any atom is -0.324 e. The molecule has 0 spiro atoms. The van der Waals surface area contributed by atoms with Crippen molar-refractivity contribution in [3.63, 3.8) is 0 Å². The van der Waals surface area contributed by atoms with Crippen molar-refractivity contribution in [3.8, 4) is 5.82 Å². The van der Waals surface area contributed by atoms with E-state index in [-0.39, 0.29) is 18.0 Å². The molecular weight excluding hydrogens is 342 g/mol. The van der Waals surface area contributed by atoms with E-state index >= 15 is 0 Å². The highest BCUT2D eigenvalue weighted by Crippen LogP contribution is 2.17. The normalized spacial score (nSPS) is 11.0. The van der Waals surface area contributed by atoms with Crippen LogP contribution in [0.15, 0.2) is 47.3 Å². The van der Waals surface area contributed by atoms with E-state index in [4.69, 9.17) is 0 Å². The molecule has 0 saturated heterocycles. The Balaban J connectivity index is 1.76. The van der Waals surface area contributed by atoms with Gasteiger partial charge in [-0.2, -0.15) is 5.10 Å². The van der Waals surface area contributed by atoms with Crippen molar-refractivity contribution >= 4 is 11.6 Å². The SMILES string of the molecule is Cc1cc(C)n(-c2ccc(=O)n(CC(=O)Nc3ccc(C(C)C)cc3)n2)n1. The van der Waals surface area contributed by atoms with Crippen molar-refractivity contribution < 1.29 is 4.79 Å². The molecule has 0 fully saturated rings. The van der Waals surface area contributed by atoms with Crippen LogP contribution in [0.2, 0.25) is 0 Å². The van der Waals surface area contributed by atoms with Gasteiger partial charge in [0, 0.05) is 17.4 Å². The first kappa shape index (κ1) is 18.6. The zero-order valence-corrected chi connectivity index (χ0v) is 15.9. The third kappa shape index (κ3) is 4.31. The van der Waals surface area contributed by atoms with Crippen molar-refractivity contribution in [1.29, 1.82) is 0 Å². The van der Waals surface area contributed by atoms with E-state index in [9.17, 15) is 9.59 Å². The van der Waals surface area contributed by atoms with Gasteiger partial charge in [-0.3, -0.25) is 9.59 Å². The van der Waals surface area contributed by atoms with Crippen LogP contribution in [-0.2, 0) is 11.3 Å². The standard InChI is InChI=1S/C20H23N5O2/c1-13(2)16-5-7-17(8-6-16)21-19(26)12-24-20(27)10-9-18(23-24)25-15(4)11-14(3)22-25/h5-11,13H,12H2,1-4H3,(H,21,26). The number of rotatable bonds is 5. The fourth-order valence-corrected chi connectivity index (χ4v) is 2.81. The molecular formula is C20H23N5O2. The molecule has 2 heterocycles. The number of amides is 1. The van der Waals surface area contributed by atoms with Gasteiger partial charge in [-0.15, -0.1) is 5.10 Å². The van der Waals surface area contributed by atoms with E-state index in [1.807, 2.05) is 44.2 Å². The fraction of sp³-hybridized carbons (Fsp3) is 0.300. The Morgan fingerprint density at radius 3 is 2.37 bits per heavy atom. The molecule has 1 aromatic carbocycles. The van der Waals surface area contributed by atoms with E-state index in [1.54, 1.807) is 10.7 Å². The molecule has 3 rings (SSSR count). The van der Waals surface area contributed by atoms with Crippen LogP contribution in [0.3, 0.4) is 0 Å². The average molecular weight is 365 g/mol. The molecule has 140 valence electrons. The average Bonchev–Trinajstić information content (AvgIpc) is 2.95. The highest BCUT2D eigenvalue weighted by molar-refractivity contribution is 5.90. The number of hydrogen-bond donors (Lipinski definition) is 1. The summed E-state index contributed by atoms with van der Waals surface area (Å²) in [4.78, 5) is 24.4. The lowest BCUT2D eigenvalue weighted by atomic mass is 10.0. The van der Waals surface area contributed by atoms with Crippen LogP contribution in [0.25, 0.3) is 5.82 Å². The smallest absolute Gasteiger partial charge is 0.267 e. The molecule has 27 heavy (non-hydrogen) atoms. The highest BCUT2D eigenvalue weighted by atomic mass is 16.2. The molecule has 1 N–H and O–H groups in total. The van der Waals surface area contributed by atoms with Gasteiger partial charge in [-0.05, 0) is 49.6 Å². The molecule has 7 heteroatoms. The molecule has 0 unspecified atom stereocenters. The summed E-state index contributed by atoms with van der Waals surface area (Å²) in [5.74, 6) is 0.608. The third-order valence-corrected chi connectivity index (χ3v) is 4.23. The minimum atomic E-state index is -0.342. The largest absolute Gasteiger partial charge is 0.324 e. The summed E-state index contributed by atoms with van der Waals surface area (Å²) in [6, 6.07) is 12.6. The van der Waals surface area contributed by atoms with Crippen molar-refractivity contribution in [2.75, 3.05) is 5.32 Å². The minimum absolute atomic E-state index is 0.169. The van der Waals surface area contributed by atoms with E-state index < -0.39 is 0 Å². The summed E-state index contributed by atoms with van der Waals surface area (Å²) in [5, 5.41) is 11.4. The summed E-state index contributed by atoms with van der Waals surface area (Å²) in [6.45, 7) is 7.85. The molecule has 7 nitrogen and oxygen atoms in total. The Hall–Kier alpha value is -3.22. The maximum Gasteiger partial charge on any atom is 0.267 e. The van der Waals surface area contributed by atoms with Crippen LogP contribution in [-0.4, -0.2) is 25.5 Å². The number of carbonyl (C=O) groups excluding carboxylic acids is 1. The van der Waals surface area contributed by atoms with E-state index in [0.29, 0.717) is 17.4 Å². The number of aryl methyl sites for hydroxylation is 2. The highest BCUT2D eigenvalue weighted by Gasteiger charge is 2.10. The summed E-state index contributed by atoms with van der Waals surface area (Å²) in [5.41, 5.74) is 3.30. The van der Waals surface area contributed by atoms with E-state index in [0.717, 1.165) is 16.1 Å². The van der Waals surface area contributed by atoms with Crippen LogP contribution >= 0.6 is 0 Å². The summed E-state index contributed by atoms with van der Waals surface area (Å²) < 4.78 is 2.79. The zero-order valence-electron chi connectivity index (χ0n) is 15.9. The second-order valence-corrected chi connectivity index (χ2v) is 6.85. The Morgan fingerprint density at radius 1 is 1.07 bits per heavy atom. The van der Waals surface area contributed by atoms with Crippen molar-refractivity contribution in [3.05, 3.63) is 69.8 Å². The number of nitrogens with one attached hydrogen (secondary N) is 1. The van der Waals surface area contributed by atoms with E-state index in [1.165, 1.54) is 11.6 Å². The third-order valence-electron chi connectivity index (χ3n) is 4.23. The maximum atomic E-state index is 12.3. The molecule has 0 aliphatic heterocycles. The van der Waals surface area contributed by atoms with Gasteiger partial charge in [0.05, 0.1) is 5.69 Å². The van der Waals surface area contributed by atoms with Crippen LogP contribution in [0.4, 0.5) is 5.69 Å². The zero-order chi connectivity index (χ0) is 19.6. The van der Waals surface area contributed by atoms with Crippen LogP contribution in [0.1, 0.15) is 36.7 Å². The number of benzene rings is 1. The van der Waals surface area contributed by atoms with Gasteiger partial charge >= 0.3 is 0 Å². The number of anilines is 1. The van der Waals surface area contributed by atoms with Crippen LogP contribution < -0.4 is 10.9 Å². The van der Waals surface area contributed by atoms with Gasteiger partial charge in [0.25, 0.3) is 5.56 Å². The topological polar surface area (TPSA) is 81.8 Å². The molecule has 0 aliphatic rings. The molecule has 0 radical (unpaired) electrons. The summed E-state index contributed by atoms with van der Waals surface area (Å²) in [7, 11) is 0. The number of hydrogen-bond acceptors (Lipinski definition) is 4. The summed E-state index contributed by atoms with van der Waals surface area (Å²) >= 11 is 0. The van der Waals surface area contributed by atoms with Gasteiger partial charge in [0.1, 0.15) is 6.54 Å².